The molecule has 2 aliphatic rings. The molecule has 3 heterocycles. The van der Waals surface area contributed by atoms with Crippen molar-refractivity contribution < 1.29 is 0 Å². The van der Waals surface area contributed by atoms with Crippen molar-refractivity contribution in [1.29, 1.82) is 0 Å². The summed E-state index contributed by atoms with van der Waals surface area (Å²) in [7, 11) is 0. The minimum Gasteiger partial charge on any atom is -0.291 e. The van der Waals surface area contributed by atoms with Gasteiger partial charge in [0.2, 0.25) is 0 Å². The number of fused-ring (bicyclic) bond motifs is 1. The quantitative estimate of drug-likeness (QED) is 0.237. The van der Waals surface area contributed by atoms with Gasteiger partial charge in [-0.05, 0) is 57.7 Å². The average Bonchev–Trinajstić information content (AvgIpc) is 3.33. The number of hydrogen-bond donors (Lipinski definition) is 0. The van der Waals surface area contributed by atoms with E-state index in [0.717, 1.165) is 58.0 Å². The predicted octanol–water partition coefficient (Wildman–Crippen LogP) is 6.47. The van der Waals surface area contributed by atoms with Gasteiger partial charge in [0, 0.05) is 24.7 Å². The monoisotopic (exact) mass is 585 g/mol. The van der Waals surface area contributed by atoms with E-state index in [1.807, 2.05) is 59.2 Å². The highest BCUT2D eigenvalue weighted by atomic mass is 35.5. The second-order valence-corrected chi connectivity index (χ2v) is 12.1. The van der Waals surface area contributed by atoms with E-state index in [9.17, 15) is 4.79 Å². The van der Waals surface area contributed by atoms with Crippen molar-refractivity contribution in [2.75, 3.05) is 13.1 Å². The first-order valence-corrected chi connectivity index (χ1v) is 15.2. The molecular formula is C36H28ClN3OS. The number of hydrogen-bond acceptors (Lipinski definition) is 4. The Morgan fingerprint density at radius 3 is 2.14 bits per heavy atom. The fourth-order valence-corrected chi connectivity index (χ4v) is 6.94. The molecule has 2 aliphatic heterocycles. The second kappa shape index (κ2) is 11.5. The van der Waals surface area contributed by atoms with E-state index in [1.54, 1.807) is 0 Å². The molecule has 0 fully saturated rings. The van der Waals surface area contributed by atoms with E-state index in [2.05, 4.69) is 77.7 Å². The second-order valence-electron chi connectivity index (χ2n) is 10.6. The predicted molar refractivity (Wildman–Crippen MR) is 172 cm³/mol. The van der Waals surface area contributed by atoms with Crippen LogP contribution in [0.3, 0.4) is 0 Å². The molecule has 0 bridgehead atoms. The van der Waals surface area contributed by atoms with Crippen LogP contribution in [0.1, 0.15) is 28.3 Å². The Hall–Kier alpha value is -4.29. The molecule has 0 amide bonds. The highest BCUT2D eigenvalue weighted by Crippen LogP contribution is 2.37. The van der Waals surface area contributed by atoms with Crippen molar-refractivity contribution in [2.24, 2.45) is 4.99 Å². The van der Waals surface area contributed by atoms with Crippen LogP contribution in [-0.2, 0) is 6.54 Å². The van der Waals surface area contributed by atoms with Crippen LogP contribution in [0.15, 0.2) is 142 Å². The molecule has 0 saturated heterocycles. The molecule has 1 unspecified atom stereocenters. The van der Waals surface area contributed by atoms with E-state index in [4.69, 9.17) is 16.6 Å². The van der Waals surface area contributed by atoms with Gasteiger partial charge in [-0.15, -0.1) is 0 Å². The highest BCUT2D eigenvalue weighted by Gasteiger charge is 2.34. The first-order valence-electron chi connectivity index (χ1n) is 14.0. The third-order valence-corrected chi connectivity index (χ3v) is 8.94. The van der Waals surface area contributed by atoms with Crippen LogP contribution in [0, 0.1) is 0 Å². The van der Waals surface area contributed by atoms with Crippen LogP contribution in [0.5, 0.6) is 0 Å². The fourth-order valence-electron chi connectivity index (χ4n) is 5.81. The molecule has 42 heavy (non-hydrogen) atoms. The number of thiazole rings is 1. The SMILES string of the molecule is O=c1/c(=C/c2ccc(Cl)cc2)sc2n1C(c1ccccc1)C1=C(N=2)/C(=C\c2ccccc2)CN(Cc2ccccc2)C1. The molecular weight excluding hydrogens is 558 g/mol. The molecule has 0 radical (unpaired) electrons. The third kappa shape index (κ3) is 5.35. The molecule has 1 aromatic heterocycles. The maximum absolute atomic E-state index is 14.1. The zero-order valence-electron chi connectivity index (χ0n) is 22.9. The largest absolute Gasteiger partial charge is 0.291 e. The molecule has 1 atom stereocenters. The van der Waals surface area contributed by atoms with Gasteiger partial charge < -0.3 is 0 Å². The summed E-state index contributed by atoms with van der Waals surface area (Å²) in [6.07, 6.45) is 4.19. The maximum Gasteiger partial charge on any atom is 0.271 e. The molecule has 6 heteroatoms. The van der Waals surface area contributed by atoms with Crippen molar-refractivity contribution in [3.8, 4) is 0 Å². The van der Waals surface area contributed by atoms with Crippen molar-refractivity contribution in [3.05, 3.63) is 179 Å². The van der Waals surface area contributed by atoms with Gasteiger partial charge in [-0.3, -0.25) is 14.3 Å². The lowest BCUT2D eigenvalue weighted by molar-refractivity contribution is 0.291. The standard InChI is InChI=1S/C36H28ClN3OS/c37-30-18-16-26(17-19-30)21-32-35(41)40-34(28-14-8-3-9-15-28)31-24-39(22-27-12-6-2-7-13-27)23-29(33(31)38-36(40)42-32)20-25-10-4-1-5-11-25/h1-21,34H,22-24H2/b29-20-,32-21-. The Labute approximate surface area is 253 Å². The molecule has 0 saturated carbocycles. The van der Waals surface area contributed by atoms with Gasteiger partial charge >= 0.3 is 0 Å². The van der Waals surface area contributed by atoms with E-state index in [1.165, 1.54) is 16.9 Å². The van der Waals surface area contributed by atoms with E-state index >= 15 is 0 Å². The molecule has 206 valence electrons. The van der Waals surface area contributed by atoms with Crippen LogP contribution >= 0.6 is 22.9 Å². The number of benzene rings is 4. The Kier molecular flexibility index (Phi) is 7.30. The summed E-state index contributed by atoms with van der Waals surface area (Å²) in [5.74, 6) is 0. The van der Waals surface area contributed by atoms with E-state index < -0.39 is 0 Å². The summed E-state index contributed by atoms with van der Waals surface area (Å²) >= 11 is 7.56. The summed E-state index contributed by atoms with van der Waals surface area (Å²) in [6.45, 7) is 2.30. The van der Waals surface area contributed by atoms with Crippen LogP contribution in [0.4, 0.5) is 0 Å². The lowest BCUT2D eigenvalue weighted by atomic mass is 9.89. The Bertz CT molecular complexity index is 1980. The summed E-state index contributed by atoms with van der Waals surface area (Å²) in [5.41, 5.74) is 7.70. The summed E-state index contributed by atoms with van der Waals surface area (Å²) < 4.78 is 2.55. The normalized spacial score (nSPS) is 18.1. The molecule has 4 nitrogen and oxygen atoms in total. The van der Waals surface area contributed by atoms with Gasteiger partial charge in [-0.1, -0.05) is 126 Å². The van der Waals surface area contributed by atoms with E-state index in [-0.39, 0.29) is 11.6 Å². The van der Waals surface area contributed by atoms with Gasteiger partial charge in [0.15, 0.2) is 4.80 Å². The van der Waals surface area contributed by atoms with Gasteiger partial charge in [0.1, 0.15) is 0 Å². The molecule has 5 aromatic rings. The zero-order valence-corrected chi connectivity index (χ0v) is 24.4. The van der Waals surface area contributed by atoms with Gasteiger partial charge in [0.05, 0.1) is 16.3 Å². The maximum atomic E-state index is 14.1. The van der Waals surface area contributed by atoms with Crippen LogP contribution in [0.25, 0.3) is 12.2 Å². The van der Waals surface area contributed by atoms with Crippen molar-refractivity contribution >= 4 is 35.1 Å². The lowest BCUT2D eigenvalue weighted by Gasteiger charge is -2.37. The van der Waals surface area contributed by atoms with Crippen LogP contribution < -0.4 is 14.9 Å². The summed E-state index contributed by atoms with van der Waals surface area (Å²) in [5, 5.41) is 0.670. The number of halogens is 1. The molecule has 0 N–H and O–H groups in total. The zero-order chi connectivity index (χ0) is 28.5. The Morgan fingerprint density at radius 2 is 1.43 bits per heavy atom. The number of aromatic nitrogens is 1. The first kappa shape index (κ1) is 26.6. The Morgan fingerprint density at radius 1 is 0.786 bits per heavy atom. The molecule has 0 aliphatic carbocycles. The number of nitrogens with zero attached hydrogens (tertiary/aromatic N) is 3. The topological polar surface area (TPSA) is 37.6 Å². The summed E-state index contributed by atoms with van der Waals surface area (Å²) in [4.78, 5) is 22.5. The lowest BCUT2D eigenvalue weighted by Crippen LogP contribution is -2.43. The third-order valence-electron chi connectivity index (χ3n) is 7.70. The average molecular weight is 586 g/mol. The molecule has 0 spiro atoms. The minimum absolute atomic E-state index is 0.0251. The van der Waals surface area contributed by atoms with Crippen molar-refractivity contribution in [3.63, 3.8) is 0 Å². The first-order chi connectivity index (χ1) is 20.6. The Balaban J connectivity index is 1.42. The van der Waals surface area contributed by atoms with Crippen molar-refractivity contribution in [1.82, 2.24) is 9.47 Å². The van der Waals surface area contributed by atoms with Gasteiger partial charge in [-0.2, -0.15) is 0 Å². The van der Waals surface area contributed by atoms with Crippen molar-refractivity contribution in [2.45, 2.75) is 12.6 Å². The van der Waals surface area contributed by atoms with Crippen LogP contribution in [0.2, 0.25) is 5.02 Å². The smallest absolute Gasteiger partial charge is 0.271 e. The van der Waals surface area contributed by atoms with E-state index in [0.29, 0.717) is 9.55 Å². The highest BCUT2D eigenvalue weighted by molar-refractivity contribution is 7.07. The fraction of sp³-hybridized carbons (Fsp3) is 0.111. The number of rotatable bonds is 5. The summed E-state index contributed by atoms with van der Waals surface area (Å²) in [6, 6.07) is 38.6. The minimum atomic E-state index is -0.248. The van der Waals surface area contributed by atoms with Gasteiger partial charge in [0.25, 0.3) is 5.56 Å². The van der Waals surface area contributed by atoms with Gasteiger partial charge in [-0.25, -0.2) is 4.99 Å². The molecule has 4 aromatic carbocycles. The van der Waals surface area contributed by atoms with Crippen LogP contribution in [-0.4, -0.2) is 22.6 Å². The molecule has 7 rings (SSSR count).